The predicted molar refractivity (Wildman–Crippen MR) is 127 cm³/mol. The molecule has 5 nitrogen and oxygen atoms in total. The molecule has 158 valence electrons. The highest BCUT2D eigenvalue weighted by molar-refractivity contribution is 9.10. The van der Waals surface area contributed by atoms with Crippen LogP contribution >= 0.6 is 27.7 Å². The molecule has 0 atom stereocenters. The van der Waals surface area contributed by atoms with E-state index < -0.39 is 0 Å². The van der Waals surface area contributed by atoms with Gasteiger partial charge in [-0.1, -0.05) is 42.5 Å². The second kappa shape index (κ2) is 9.68. The fraction of sp³-hybridized carbons (Fsp3) is 0.167. The van der Waals surface area contributed by atoms with Crippen LogP contribution in [0.5, 0.6) is 5.75 Å². The number of halogens is 1. The van der Waals surface area contributed by atoms with Crippen molar-refractivity contribution in [2.45, 2.75) is 6.61 Å². The third-order valence-electron chi connectivity index (χ3n) is 4.85. The smallest absolute Gasteiger partial charge is 0.293 e. The van der Waals surface area contributed by atoms with Crippen LogP contribution < -0.4 is 4.74 Å². The minimum atomic E-state index is -0.292. The van der Waals surface area contributed by atoms with Crippen molar-refractivity contribution in [3.8, 4) is 5.75 Å². The quantitative estimate of drug-likeness (QED) is 0.382. The lowest BCUT2D eigenvalue weighted by molar-refractivity contribution is -0.123. The van der Waals surface area contributed by atoms with E-state index in [-0.39, 0.29) is 17.7 Å². The number of nitrogens with zero attached hydrogens (tertiary/aromatic N) is 1. The van der Waals surface area contributed by atoms with Crippen LogP contribution in [0.1, 0.15) is 11.1 Å². The molecule has 0 aliphatic carbocycles. The van der Waals surface area contributed by atoms with E-state index in [2.05, 4.69) is 46.3 Å². The standard InChI is InChI=1S/C24H20BrNO4S/c1-29-11-10-26-23(27)22(31-24(26)28)14-16-7-9-21(20(25)13-16)30-15-17-6-8-18-4-2-3-5-19(18)12-17/h2-9,12-14H,10-11,15H2,1H3/b22-14+. The minimum absolute atomic E-state index is 0.254. The molecule has 31 heavy (non-hydrogen) atoms. The number of rotatable bonds is 7. The number of methoxy groups -OCH3 is 1. The number of thioether (sulfide) groups is 1. The SMILES string of the molecule is COCCN1C(=O)S/C(=C/c2ccc(OCc3ccc4ccccc4c3)c(Br)c2)C1=O. The molecule has 1 saturated heterocycles. The molecule has 4 rings (SSSR count). The molecule has 0 unspecified atom stereocenters. The van der Waals surface area contributed by atoms with Gasteiger partial charge < -0.3 is 9.47 Å². The Morgan fingerprint density at radius 1 is 1.03 bits per heavy atom. The summed E-state index contributed by atoms with van der Waals surface area (Å²) in [4.78, 5) is 26.1. The number of hydrogen-bond donors (Lipinski definition) is 0. The van der Waals surface area contributed by atoms with Crippen molar-refractivity contribution in [3.63, 3.8) is 0 Å². The third-order valence-corrected chi connectivity index (χ3v) is 6.38. The van der Waals surface area contributed by atoms with Crippen molar-refractivity contribution in [2.75, 3.05) is 20.3 Å². The van der Waals surface area contributed by atoms with Gasteiger partial charge in [-0.15, -0.1) is 0 Å². The van der Waals surface area contributed by atoms with Gasteiger partial charge in [-0.25, -0.2) is 0 Å². The van der Waals surface area contributed by atoms with E-state index in [0.29, 0.717) is 23.9 Å². The molecule has 0 saturated carbocycles. The summed E-state index contributed by atoms with van der Waals surface area (Å²) in [5.74, 6) is 0.415. The molecule has 1 heterocycles. The maximum absolute atomic E-state index is 12.5. The van der Waals surface area contributed by atoms with Gasteiger partial charge in [0.2, 0.25) is 0 Å². The Bertz CT molecular complexity index is 1180. The lowest BCUT2D eigenvalue weighted by Gasteiger charge is -2.11. The van der Waals surface area contributed by atoms with Crippen molar-refractivity contribution < 1.29 is 19.1 Å². The van der Waals surface area contributed by atoms with E-state index in [0.717, 1.165) is 27.4 Å². The first-order chi connectivity index (χ1) is 15.0. The lowest BCUT2D eigenvalue weighted by atomic mass is 10.1. The minimum Gasteiger partial charge on any atom is -0.488 e. The Hall–Kier alpha value is -2.61. The van der Waals surface area contributed by atoms with Crippen LogP contribution in [0.4, 0.5) is 4.79 Å². The fourth-order valence-electron chi connectivity index (χ4n) is 3.24. The highest BCUT2D eigenvalue weighted by Gasteiger charge is 2.34. The van der Waals surface area contributed by atoms with Gasteiger partial charge >= 0.3 is 0 Å². The summed E-state index contributed by atoms with van der Waals surface area (Å²) in [5.41, 5.74) is 1.89. The molecule has 2 amide bonds. The molecule has 0 spiro atoms. The molecular formula is C24H20BrNO4S. The molecule has 3 aromatic carbocycles. The van der Waals surface area contributed by atoms with Crippen LogP contribution in [0.25, 0.3) is 16.8 Å². The van der Waals surface area contributed by atoms with Gasteiger partial charge in [0.05, 0.1) is 22.5 Å². The number of carbonyl (C=O) groups excluding carboxylic acids is 2. The van der Waals surface area contributed by atoms with Crippen molar-refractivity contribution >= 4 is 55.7 Å². The zero-order valence-corrected chi connectivity index (χ0v) is 19.2. The average Bonchev–Trinajstić information content (AvgIpc) is 3.03. The number of amides is 2. The Morgan fingerprint density at radius 2 is 1.84 bits per heavy atom. The Labute approximate surface area is 193 Å². The first kappa shape index (κ1) is 21.6. The highest BCUT2D eigenvalue weighted by Crippen LogP contribution is 2.34. The van der Waals surface area contributed by atoms with E-state index in [9.17, 15) is 9.59 Å². The average molecular weight is 498 g/mol. The molecular weight excluding hydrogens is 478 g/mol. The van der Waals surface area contributed by atoms with Gasteiger partial charge in [-0.3, -0.25) is 14.5 Å². The van der Waals surface area contributed by atoms with Crippen LogP contribution in [0.15, 0.2) is 70.0 Å². The van der Waals surface area contributed by atoms with Crippen molar-refractivity contribution in [1.82, 2.24) is 4.90 Å². The Balaban J connectivity index is 1.44. The number of carbonyl (C=O) groups is 2. The lowest BCUT2D eigenvalue weighted by Crippen LogP contribution is -2.31. The van der Waals surface area contributed by atoms with Gasteiger partial charge in [0.15, 0.2) is 0 Å². The number of ether oxygens (including phenoxy) is 2. The van der Waals surface area contributed by atoms with E-state index in [4.69, 9.17) is 9.47 Å². The maximum atomic E-state index is 12.5. The van der Waals surface area contributed by atoms with E-state index in [1.54, 1.807) is 6.08 Å². The highest BCUT2D eigenvalue weighted by atomic mass is 79.9. The van der Waals surface area contributed by atoms with Crippen LogP contribution in [-0.2, 0) is 16.1 Å². The largest absolute Gasteiger partial charge is 0.488 e. The zero-order chi connectivity index (χ0) is 21.8. The molecule has 7 heteroatoms. The summed E-state index contributed by atoms with van der Waals surface area (Å²) in [6.45, 7) is 1.02. The number of fused-ring (bicyclic) bond motifs is 1. The first-order valence-electron chi connectivity index (χ1n) is 9.69. The van der Waals surface area contributed by atoms with Crippen LogP contribution in [-0.4, -0.2) is 36.3 Å². The monoisotopic (exact) mass is 497 g/mol. The molecule has 0 radical (unpaired) electrons. The molecule has 1 aliphatic rings. The van der Waals surface area contributed by atoms with Crippen LogP contribution in [0.3, 0.4) is 0 Å². The summed E-state index contributed by atoms with van der Waals surface area (Å²) < 4.78 is 11.7. The van der Waals surface area contributed by atoms with E-state index >= 15 is 0 Å². The van der Waals surface area contributed by atoms with Crippen LogP contribution in [0, 0.1) is 0 Å². The second-order valence-corrected chi connectivity index (χ2v) is 8.83. The van der Waals surface area contributed by atoms with E-state index in [1.807, 2.05) is 30.3 Å². The van der Waals surface area contributed by atoms with Gasteiger partial charge in [-0.05, 0) is 73.9 Å². The summed E-state index contributed by atoms with van der Waals surface area (Å²) in [6.07, 6.45) is 1.72. The van der Waals surface area contributed by atoms with Gasteiger partial charge in [0.25, 0.3) is 11.1 Å². The number of hydrogen-bond acceptors (Lipinski definition) is 5. The van der Waals surface area contributed by atoms with Gasteiger partial charge in [0.1, 0.15) is 12.4 Å². The fourth-order valence-corrected chi connectivity index (χ4v) is 4.62. The normalized spacial score (nSPS) is 15.3. The van der Waals surface area contributed by atoms with E-state index in [1.165, 1.54) is 22.8 Å². The Kier molecular flexibility index (Phi) is 6.75. The van der Waals surface area contributed by atoms with Crippen LogP contribution in [0.2, 0.25) is 0 Å². The molecule has 0 aromatic heterocycles. The van der Waals surface area contributed by atoms with Gasteiger partial charge in [-0.2, -0.15) is 0 Å². The second-order valence-electron chi connectivity index (χ2n) is 6.99. The maximum Gasteiger partial charge on any atom is 0.293 e. The Morgan fingerprint density at radius 3 is 2.61 bits per heavy atom. The topological polar surface area (TPSA) is 55.8 Å². The van der Waals surface area contributed by atoms with Crippen molar-refractivity contribution in [2.24, 2.45) is 0 Å². The molecule has 1 fully saturated rings. The summed E-state index contributed by atoms with van der Waals surface area (Å²) >= 11 is 4.48. The number of imide groups is 1. The molecule has 0 N–H and O–H groups in total. The van der Waals surface area contributed by atoms with Crippen molar-refractivity contribution in [1.29, 1.82) is 0 Å². The predicted octanol–water partition coefficient (Wildman–Crippen LogP) is 5.86. The third kappa shape index (κ3) is 5.01. The zero-order valence-electron chi connectivity index (χ0n) is 16.8. The first-order valence-corrected chi connectivity index (χ1v) is 11.3. The molecule has 3 aromatic rings. The van der Waals surface area contributed by atoms with Crippen molar-refractivity contribution in [3.05, 3.63) is 81.2 Å². The summed E-state index contributed by atoms with van der Waals surface area (Å²) in [7, 11) is 1.54. The summed E-state index contributed by atoms with van der Waals surface area (Å²) in [5, 5.41) is 2.10. The molecule has 1 aliphatic heterocycles. The number of benzene rings is 3. The van der Waals surface area contributed by atoms with Gasteiger partial charge in [0, 0.05) is 7.11 Å². The molecule has 0 bridgehead atoms. The summed E-state index contributed by atoms with van der Waals surface area (Å²) in [6, 6.07) is 20.1.